The molecule has 23 heavy (non-hydrogen) atoms. The van der Waals surface area contributed by atoms with Crippen LogP contribution < -0.4 is 5.32 Å². The summed E-state index contributed by atoms with van der Waals surface area (Å²) in [4.78, 5) is 27.2. The van der Waals surface area contributed by atoms with Gasteiger partial charge in [-0.1, -0.05) is 0 Å². The number of amides is 1. The van der Waals surface area contributed by atoms with Crippen LogP contribution in [0.2, 0.25) is 0 Å². The van der Waals surface area contributed by atoms with Crippen molar-refractivity contribution in [3.63, 3.8) is 0 Å². The fourth-order valence-corrected chi connectivity index (χ4v) is 2.47. The molecule has 126 valence electrons. The quantitative estimate of drug-likeness (QED) is 0.844. The average Bonchev–Trinajstić information content (AvgIpc) is 2.48. The van der Waals surface area contributed by atoms with E-state index in [4.69, 9.17) is 0 Å². The second kappa shape index (κ2) is 7.47. The van der Waals surface area contributed by atoms with E-state index < -0.39 is 29.6 Å². The Morgan fingerprint density at radius 2 is 1.91 bits per heavy atom. The van der Waals surface area contributed by atoms with Gasteiger partial charge in [0.1, 0.15) is 17.7 Å². The van der Waals surface area contributed by atoms with Gasteiger partial charge in [-0.2, -0.15) is 0 Å². The number of carbonyl (C=O) groups excluding carboxylic acids is 1. The summed E-state index contributed by atoms with van der Waals surface area (Å²) in [6.07, 6.45) is -0.296. The van der Waals surface area contributed by atoms with Gasteiger partial charge in [0.15, 0.2) is 0 Å². The summed E-state index contributed by atoms with van der Waals surface area (Å²) >= 11 is 0. The highest BCUT2D eigenvalue weighted by Crippen LogP contribution is 2.16. The van der Waals surface area contributed by atoms with Gasteiger partial charge in [-0.15, -0.1) is 0 Å². The fourth-order valence-electron chi connectivity index (χ4n) is 2.47. The molecule has 0 saturated carbocycles. The number of piperazine rings is 1. The number of hydrogen-bond donors (Lipinski definition) is 2. The average molecular weight is 327 g/mol. The van der Waals surface area contributed by atoms with Crippen LogP contribution in [0.25, 0.3) is 0 Å². The van der Waals surface area contributed by atoms with Gasteiger partial charge in [0.2, 0.25) is 5.91 Å². The SMILES string of the molecule is CN1CCN(C(CC(=O)Nc2ccc(F)cc2F)C(=O)O)CC1. The van der Waals surface area contributed by atoms with Crippen LogP contribution in [-0.2, 0) is 9.59 Å². The fraction of sp³-hybridized carbons (Fsp3) is 0.467. The zero-order valence-electron chi connectivity index (χ0n) is 12.8. The van der Waals surface area contributed by atoms with E-state index in [0.717, 1.165) is 25.2 Å². The van der Waals surface area contributed by atoms with E-state index in [1.807, 2.05) is 7.05 Å². The maximum absolute atomic E-state index is 13.5. The number of carboxylic acids is 1. The number of nitrogens with zero attached hydrogens (tertiary/aromatic N) is 2. The van der Waals surface area contributed by atoms with E-state index >= 15 is 0 Å². The molecule has 1 fully saturated rings. The van der Waals surface area contributed by atoms with Crippen LogP contribution in [0, 0.1) is 11.6 Å². The molecule has 1 aliphatic heterocycles. The number of benzene rings is 1. The van der Waals surface area contributed by atoms with E-state index in [2.05, 4.69) is 10.2 Å². The Bertz CT molecular complexity index is 589. The lowest BCUT2D eigenvalue weighted by Crippen LogP contribution is -2.52. The number of nitrogens with one attached hydrogen (secondary N) is 1. The maximum atomic E-state index is 13.5. The smallest absolute Gasteiger partial charge is 0.321 e. The van der Waals surface area contributed by atoms with E-state index in [1.54, 1.807) is 4.90 Å². The van der Waals surface area contributed by atoms with Crippen LogP contribution >= 0.6 is 0 Å². The molecule has 1 atom stereocenters. The molecular formula is C15H19F2N3O3. The summed E-state index contributed by atoms with van der Waals surface area (Å²) < 4.78 is 26.4. The molecule has 2 rings (SSSR count). The van der Waals surface area contributed by atoms with Gasteiger partial charge in [-0.3, -0.25) is 14.5 Å². The number of likely N-dealkylation sites (N-methyl/N-ethyl adjacent to an activating group) is 1. The van der Waals surface area contributed by atoms with Crippen molar-refractivity contribution in [1.29, 1.82) is 0 Å². The van der Waals surface area contributed by atoms with Crippen molar-refractivity contribution in [3.8, 4) is 0 Å². The number of hydrogen-bond acceptors (Lipinski definition) is 4. The molecule has 1 aromatic carbocycles. The highest BCUT2D eigenvalue weighted by Gasteiger charge is 2.30. The molecule has 8 heteroatoms. The van der Waals surface area contributed by atoms with Crippen molar-refractivity contribution in [3.05, 3.63) is 29.8 Å². The highest BCUT2D eigenvalue weighted by molar-refractivity contribution is 5.94. The Kier molecular flexibility index (Phi) is 5.62. The third kappa shape index (κ3) is 4.70. The Hall–Kier alpha value is -2.06. The minimum atomic E-state index is -1.09. The predicted octanol–water partition coefficient (Wildman–Crippen LogP) is 0.994. The molecule has 2 N–H and O–H groups in total. The van der Waals surface area contributed by atoms with Gasteiger partial charge in [0.25, 0.3) is 0 Å². The van der Waals surface area contributed by atoms with Crippen molar-refractivity contribution >= 4 is 17.6 Å². The molecule has 1 aliphatic rings. The van der Waals surface area contributed by atoms with Crippen LogP contribution in [0.3, 0.4) is 0 Å². The van der Waals surface area contributed by atoms with Crippen molar-refractivity contribution in [2.45, 2.75) is 12.5 Å². The minimum Gasteiger partial charge on any atom is -0.480 e. The van der Waals surface area contributed by atoms with Gasteiger partial charge in [-0.25, -0.2) is 8.78 Å². The first-order valence-electron chi connectivity index (χ1n) is 7.27. The number of anilines is 1. The first-order chi connectivity index (χ1) is 10.9. The largest absolute Gasteiger partial charge is 0.480 e. The number of carbonyl (C=O) groups is 2. The lowest BCUT2D eigenvalue weighted by molar-refractivity contribution is -0.145. The van der Waals surface area contributed by atoms with Crippen molar-refractivity contribution in [1.82, 2.24) is 9.80 Å². The number of halogens is 2. The molecule has 0 spiro atoms. The molecule has 1 unspecified atom stereocenters. The van der Waals surface area contributed by atoms with Gasteiger partial charge < -0.3 is 15.3 Å². The van der Waals surface area contributed by atoms with Crippen LogP contribution in [0.4, 0.5) is 14.5 Å². The van der Waals surface area contributed by atoms with E-state index in [9.17, 15) is 23.5 Å². The summed E-state index contributed by atoms with van der Waals surface area (Å²) in [7, 11) is 1.94. The van der Waals surface area contributed by atoms with Crippen LogP contribution in [0.5, 0.6) is 0 Å². The summed E-state index contributed by atoms with van der Waals surface area (Å²) in [6.45, 7) is 2.54. The Labute approximate surface area is 132 Å². The second-order valence-electron chi connectivity index (χ2n) is 5.57. The summed E-state index contributed by atoms with van der Waals surface area (Å²) in [6, 6.07) is 1.82. The van der Waals surface area contributed by atoms with Gasteiger partial charge in [0, 0.05) is 32.2 Å². The molecule has 0 radical (unpaired) electrons. The van der Waals surface area contributed by atoms with Gasteiger partial charge in [-0.05, 0) is 19.2 Å². The van der Waals surface area contributed by atoms with E-state index in [1.165, 1.54) is 0 Å². The Balaban J connectivity index is 1.99. The zero-order chi connectivity index (χ0) is 17.0. The summed E-state index contributed by atoms with van der Waals surface area (Å²) in [5, 5.41) is 11.6. The molecule has 1 aromatic rings. The van der Waals surface area contributed by atoms with Crippen LogP contribution in [0.1, 0.15) is 6.42 Å². The Morgan fingerprint density at radius 3 is 2.48 bits per heavy atom. The number of aliphatic carboxylic acids is 1. The maximum Gasteiger partial charge on any atom is 0.321 e. The second-order valence-corrected chi connectivity index (χ2v) is 5.57. The summed E-state index contributed by atoms with van der Waals surface area (Å²) in [5.74, 6) is -3.36. The molecule has 0 aliphatic carbocycles. The number of rotatable bonds is 5. The third-order valence-corrected chi connectivity index (χ3v) is 3.85. The summed E-state index contributed by atoms with van der Waals surface area (Å²) in [5.41, 5.74) is -0.168. The minimum absolute atomic E-state index is 0.168. The predicted molar refractivity (Wildman–Crippen MR) is 80.1 cm³/mol. The monoisotopic (exact) mass is 327 g/mol. The van der Waals surface area contributed by atoms with E-state index in [0.29, 0.717) is 19.2 Å². The molecule has 1 saturated heterocycles. The van der Waals surface area contributed by atoms with Crippen molar-refractivity contribution < 1.29 is 23.5 Å². The van der Waals surface area contributed by atoms with Crippen LogP contribution in [0.15, 0.2) is 18.2 Å². The first kappa shape index (κ1) is 17.3. The van der Waals surface area contributed by atoms with Gasteiger partial charge in [0.05, 0.1) is 12.1 Å². The van der Waals surface area contributed by atoms with Crippen molar-refractivity contribution in [2.24, 2.45) is 0 Å². The topological polar surface area (TPSA) is 72.9 Å². The van der Waals surface area contributed by atoms with Crippen LogP contribution in [-0.4, -0.2) is 66.1 Å². The molecule has 1 heterocycles. The third-order valence-electron chi connectivity index (χ3n) is 3.85. The zero-order valence-corrected chi connectivity index (χ0v) is 12.8. The molecule has 6 nitrogen and oxygen atoms in total. The normalized spacial score (nSPS) is 17.7. The highest BCUT2D eigenvalue weighted by atomic mass is 19.1. The van der Waals surface area contributed by atoms with E-state index in [-0.39, 0.29) is 12.1 Å². The molecule has 0 bridgehead atoms. The molecule has 0 aromatic heterocycles. The number of carboxylic acid groups (broad SMARTS) is 1. The lowest BCUT2D eigenvalue weighted by Gasteiger charge is -2.35. The molecular weight excluding hydrogens is 308 g/mol. The van der Waals surface area contributed by atoms with Gasteiger partial charge >= 0.3 is 5.97 Å². The van der Waals surface area contributed by atoms with Crippen molar-refractivity contribution in [2.75, 3.05) is 38.5 Å². The molecule has 1 amide bonds. The lowest BCUT2D eigenvalue weighted by atomic mass is 10.1. The Morgan fingerprint density at radius 1 is 1.26 bits per heavy atom. The standard InChI is InChI=1S/C15H19F2N3O3/c1-19-4-6-20(7-5-19)13(15(22)23)9-14(21)18-12-3-2-10(16)8-11(12)17/h2-3,8,13H,4-7,9H2,1H3,(H,18,21)(H,22,23). The first-order valence-corrected chi connectivity index (χ1v) is 7.27.